The highest BCUT2D eigenvalue weighted by Crippen LogP contribution is 2.33. The maximum Gasteiger partial charge on any atom is 0.118 e. The lowest BCUT2D eigenvalue weighted by Crippen LogP contribution is -1.86. The van der Waals surface area contributed by atoms with E-state index in [4.69, 9.17) is 4.74 Å². The second-order valence-electron chi connectivity index (χ2n) is 5.27. The van der Waals surface area contributed by atoms with E-state index in [2.05, 4.69) is 58.0 Å². The highest BCUT2D eigenvalue weighted by molar-refractivity contribution is 7.13. The van der Waals surface area contributed by atoms with E-state index in [0.29, 0.717) is 0 Å². The first-order valence-corrected chi connectivity index (χ1v) is 7.93. The molecule has 2 aromatic rings. The molecule has 1 aromatic carbocycles. The average Bonchev–Trinajstić information content (AvgIpc) is 2.80. The molecule has 0 N–H and O–H groups in total. The van der Waals surface area contributed by atoms with Crippen LogP contribution in [0.4, 0.5) is 0 Å². The highest BCUT2D eigenvalue weighted by Gasteiger charge is 2.10. The molecule has 0 aliphatic rings. The van der Waals surface area contributed by atoms with Crippen molar-refractivity contribution in [2.24, 2.45) is 0 Å². The number of methoxy groups -OCH3 is 1. The molecule has 0 saturated heterocycles. The van der Waals surface area contributed by atoms with Crippen LogP contribution in [0.1, 0.15) is 41.7 Å². The summed E-state index contributed by atoms with van der Waals surface area (Å²) in [5, 5.41) is 0. The number of hydrogen-bond acceptors (Lipinski definition) is 2. The summed E-state index contributed by atoms with van der Waals surface area (Å²) in [4.78, 5) is 2.67. The van der Waals surface area contributed by atoms with Crippen LogP contribution < -0.4 is 4.74 Å². The third-order valence-electron chi connectivity index (χ3n) is 3.36. The molecule has 1 heterocycles. The van der Waals surface area contributed by atoms with E-state index in [1.807, 2.05) is 23.5 Å². The standard InChI is InChI=1S/C19H22OS/c1-6-18(15-7-9-17(20-5)10-8-15)19-12-16(11-13(2)3)14(4)21-19/h6-12H,1-5H3/b18-6-. The summed E-state index contributed by atoms with van der Waals surface area (Å²) in [7, 11) is 1.69. The fourth-order valence-electron chi connectivity index (χ4n) is 2.30. The van der Waals surface area contributed by atoms with Crippen LogP contribution in [0.2, 0.25) is 0 Å². The Labute approximate surface area is 131 Å². The van der Waals surface area contributed by atoms with Gasteiger partial charge in [-0.05, 0) is 62.6 Å². The molecule has 2 rings (SSSR count). The molecule has 0 atom stereocenters. The summed E-state index contributed by atoms with van der Waals surface area (Å²) in [6.45, 7) is 8.55. The molecule has 1 aromatic heterocycles. The van der Waals surface area contributed by atoms with E-state index >= 15 is 0 Å². The molecule has 0 saturated carbocycles. The Bertz CT molecular complexity index is 668. The van der Waals surface area contributed by atoms with Crippen molar-refractivity contribution in [3.8, 4) is 5.75 Å². The zero-order chi connectivity index (χ0) is 15.4. The molecule has 110 valence electrons. The van der Waals surface area contributed by atoms with Gasteiger partial charge in [0.15, 0.2) is 0 Å². The number of ether oxygens (including phenoxy) is 1. The van der Waals surface area contributed by atoms with Crippen LogP contribution in [-0.2, 0) is 0 Å². The van der Waals surface area contributed by atoms with Gasteiger partial charge in [0.2, 0.25) is 0 Å². The van der Waals surface area contributed by atoms with Crippen molar-refractivity contribution >= 4 is 23.0 Å². The Morgan fingerprint density at radius 3 is 2.33 bits per heavy atom. The Balaban J connectivity index is 2.40. The summed E-state index contributed by atoms with van der Waals surface area (Å²) >= 11 is 1.85. The lowest BCUT2D eigenvalue weighted by molar-refractivity contribution is 0.415. The minimum Gasteiger partial charge on any atom is -0.497 e. The van der Waals surface area contributed by atoms with Gasteiger partial charge in [0, 0.05) is 9.75 Å². The Hall–Kier alpha value is -1.80. The quantitative estimate of drug-likeness (QED) is 0.678. The second kappa shape index (κ2) is 6.77. The molecule has 1 nitrogen and oxygen atoms in total. The van der Waals surface area contributed by atoms with Gasteiger partial charge < -0.3 is 4.74 Å². The zero-order valence-corrected chi connectivity index (χ0v) is 14.2. The number of rotatable bonds is 4. The predicted molar refractivity (Wildman–Crippen MR) is 94.1 cm³/mol. The Kier molecular flexibility index (Phi) is 5.03. The summed E-state index contributed by atoms with van der Waals surface area (Å²) in [5.41, 5.74) is 5.15. The van der Waals surface area contributed by atoms with Gasteiger partial charge in [-0.2, -0.15) is 0 Å². The van der Waals surface area contributed by atoms with E-state index in [1.165, 1.54) is 32.0 Å². The number of benzene rings is 1. The Morgan fingerprint density at radius 1 is 1.14 bits per heavy atom. The molecule has 0 amide bonds. The van der Waals surface area contributed by atoms with Crippen LogP contribution in [0.5, 0.6) is 5.75 Å². The summed E-state index contributed by atoms with van der Waals surface area (Å²) in [5.74, 6) is 0.891. The molecule has 0 spiro atoms. The minimum atomic E-state index is 0.891. The molecule has 0 bridgehead atoms. The van der Waals surface area contributed by atoms with E-state index in [0.717, 1.165) is 5.75 Å². The van der Waals surface area contributed by atoms with Crippen LogP contribution >= 0.6 is 11.3 Å². The smallest absolute Gasteiger partial charge is 0.118 e. The molecule has 0 radical (unpaired) electrons. The van der Waals surface area contributed by atoms with Crippen LogP contribution in [-0.4, -0.2) is 7.11 Å². The monoisotopic (exact) mass is 298 g/mol. The molecule has 21 heavy (non-hydrogen) atoms. The van der Waals surface area contributed by atoms with Crippen molar-refractivity contribution in [2.45, 2.75) is 27.7 Å². The molecule has 0 unspecified atom stereocenters. The van der Waals surface area contributed by atoms with Gasteiger partial charge in [-0.15, -0.1) is 11.3 Å². The SMILES string of the molecule is C/C=C(/c1ccc(OC)cc1)c1cc(C=C(C)C)c(C)s1. The Morgan fingerprint density at radius 2 is 1.81 bits per heavy atom. The number of aryl methyl sites for hydroxylation is 1. The van der Waals surface area contributed by atoms with Gasteiger partial charge in [-0.25, -0.2) is 0 Å². The van der Waals surface area contributed by atoms with Crippen molar-refractivity contribution in [3.05, 3.63) is 62.9 Å². The van der Waals surface area contributed by atoms with Crippen LogP contribution in [0.25, 0.3) is 11.6 Å². The number of hydrogen-bond donors (Lipinski definition) is 0. The first-order valence-electron chi connectivity index (χ1n) is 7.11. The van der Waals surface area contributed by atoms with Gasteiger partial charge in [0.1, 0.15) is 5.75 Å². The number of thiophene rings is 1. The molecule has 0 aliphatic carbocycles. The number of allylic oxidation sites excluding steroid dienone is 2. The van der Waals surface area contributed by atoms with Crippen molar-refractivity contribution in [2.75, 3.05) is 7.11 Å². The van der Waals surface area contributed by atoms with Gasteiger partial charge in [-0.3, -0.25) is 0 Å². The summed E-state index contributed by atoms with van der Waals surface area (Å²) < 4.78 is 5.23. The van der Waals surface area contributed by atoms with E-state index in [9.17, 15) is 0 Å². The first-order chi connectivity index (χ1) is 10.0. The lowest BCUT2D eigenvalue weighted by atomic mass is 10.0. The van der Waals surface area contributed by atoms with Gasteiger partial charge in [0.25, 0.3) is 0 Å². The largest absolute Gasteiger partial charge is 0.497 e. The van der Waals surface area contributed by atoms with E-state index in [1.54, 1.807) is 7.11 Å². The summed E-state index contributed by atoms with van der Waals surface area (Å²) in [6, 6.07) is 10.5. The fraction of sp³-hybridized carbons (Fsp3) is 0.263. The maximum absolute atomic E-state index is 5.23. The van der Waals surface area contributed by atoms with Gasteiger partial charge in [-0.1, -0.05) is 29.9 Å². The molecule has 0 aliphatic heterocycles. The third-order valence-corrected chi connectivity index (χ3v) is 4.46. The van der Waals surface area contributed by atoms with Gasteiger partial charge in [0.05, 0.1) is 7.11 Å². The minimum absolute atomic E-state index is 0.891. The maximum atomic E-state index is 5.23. The van der Waals surface area contributed by atoms with Crippen LogP contribution in [0.15, 0.2) is 42.0 Å². The van der Waals surface area contributed by atoms with Crippen LogP contribution in [0.3, 0.4) is 0 Å². The topological polar surface area (TPSA) is 9.23 Å². The fourth-order valence-corrected chi connectivity index (χ4v) is 3.40. The van der Waals surface area contributed by atoms with Gasteiger partial charge >= 0.3 is 0 Å². The average molecular weight is 298 g/mol. The molecule has 2 heteroatoms. The first kappa shape index (κ1) is 15.6. The normalized spacial score (nSPS) is 11.4. The highest BCUT2D eigenvalue weighted by atomic mass is 32.1. The second-order valence-corrected chi connectivity index (χ2v) is 6.53. The van der Waals surface area contributed by atoms with E-state index in [-0.39, 0.29) is 0 Å². The molecule has 0 fully saturated rings. The lowest BCUT2D eigenvalue weighted by Gasteiger charge is -2.06. The molecular formula is C19H22OS. The van der Waals surface area contributed by atoms with Crippen molar-refractivity contribution < 1.29 is 4.74 Å². The van der Waals surface area contributed by atoms with E-state index < -0.39 is 0 Å². The van der Waals surface area contributed by atoms with Crippen LogP contribution in [0, 0.1) is 6.92 Å². The molecular weight excluding hydrogens is 276 g/mol. The predicted octanol–water partition coefficient (Wildman–Crippen LogP) is 5.94. The van der Waals surface area contributed by atoms with Crippen molar-refractivity contribution in [3.63, 3.8) is 0 Å². The third kappa shape index (κ3) is 3.64. The summed E-state index contributed by atoms with van der Waals surface area (Å²) in [6.07, 6.45) is 4.43. The zero-order valence-electron chi connectivity index (χ0n) is 13.4. The van der Waals surface area contributed by atoms with Crippen molar-refractivity contribution in [1.82, 2.24) is 0 Å². The van der Waals surface area contributed by atoms with Crippen molar-refractivity contribution in [1.29, 1.82) is 0 Å².